The van der Waals surface area contributed by atoms with Crippen LogP contribution in [0.4, 0.5) is 0 Å². The highest BCUT2D eigenvalue weighted by Gasteiger charge is 2.23. The summed E-state index contributed by atoms with van der Waals surface area (Å²) in [5.41, 5.74) is 30.7. The number of thiophene rings is 2. The summed E-state index contributed by atoms with van der Waals surface area (Å²) in [6, 6.07) is 149. The Morgan fingerprint density at radius 1 is 0.140 bits per heavy atom. The van der Waals surface area contributed by atoms with Crippen LogP contribution in [0.2, 0.25) is 0 Å². The zero-order valence-electron chi connectivity index (χ0n) is 61.7. The Kier molecular flexibility index (Phi) is 14.5. The second-order valence-electron chi connectivity index (χ2n) is 30.3. The molecule has 4 nitrogen and oxygen atoms in total. The van der Waals surface area contributed by atoms with E-state index in [-0.39, 0.29) is 0 Å². The first-order valence-electron chi connectivity index (χ1n) is 39.1. The topological polar surface area (TPSA) is 19.7 Å². The predicted molar refractivity (Wildman–Crippen MR) is 488 cm³/mol. The van der Waals surface area contributed by atoms with E-state index in [4.69, 9.17) is 0 Å². The van der Waals surface area contributed by atoms with Crippen LogP contribution in [0, 0.1) is 0 Å². The third-order valence-electron chi connectivity index (χ3n) is 24.0. The Morgan fingerprint density at radius 3 is 0.947 bits per heavy atom. The van der Waals surface area contributed by atoms with Crippen LogP contribution in [0.1, 0.15) is 0 Å². The lowest BCUT2D eigenvalue weighted by atomic mass is 9.95. The van der Waals surface area contributed by atoms with E-state index in [1.165, 1.54) is 194 Å². The quantitative estimate of drug-likeness (QED) is 0.123. The highest BCUT2D eigenvalue weighted by molar-refractivity contribution is 7.26. The minimum Gasteiger partial charge on any atom is -0.309 e. The molecule has 0 fully saturated rings. The SMILES string of the molecule is c1ccc(-c2cccc(-c3ccc4c(c3)c3cc(-c5ccc(-c6cccc(-c7ccc8c(c7)c7ccccc7n8-c7ccc(-c8ccc(-n9c%10ccccc%10c%10ccc%11sc%12ccccc%12c%11c%109)cc8)cc7)c6)cc5)ccc3n4-c3ccc(-c4ccc(-n5c6ccccc6c6cc7sc8ccccc8c7cc65)cc4)cc3)c2)cc1. The molecule has 0 radical (unpaired) electrons. The fraction of sp³-hybridized carbons (Fsp3) is 0. The molecule has 0 atom stereocenters. The molecule has 0 saturated carbocycles. The summed E-state index contributed by atoms with van der Waals surface area (Å²) in [7, 11) is 0. The van der Waals surface area contributed by atoms with Crippen molar-refractivity contribution in [3.63, 3.8) is 0 Å². The average Bonchev–Trinajstić information content (AvgIpc) is 1.55. The van der Waals surface area contributed by atoms with Gasteiger partial charge in [0.15, 0.2) is 0 Å². The van der Waals surface area contributed by atoms with Crippen molar-refractivity contribution in [1.82, 2.24) is 18.3 Å². The lowest BCUT2D eigenvalue weighted by Crippen LogP contribution is -1.95. The van der Waals surface area contributed by atoms with Gasteiger partial charge >= 0.3 is 0 Å². The minimum absolute atomic E-state index is 1.11. The first kappa shape index (κ1) is 64.4. The van der Waals surface area contributed by atoms with E-state index in [1.807, 2.05) is 22.7 Å². The lowest BCUT2D eigenvalue weighted by Gasteiger charge is -2.12. The van der Waals surface area contributed by atoms with Crippen molar-refractivity contribution in [3.8, 4) is 101 Å². The average molecular weight is 1480 g/mol. The van der Waals surface area contributed by atoms with Crippen LogP contribution in [0.25, 0.3) is 228 Å². The molecule has 0 unspecified atom stereocenters. The van der Waals surface area contributed by atoms with Crippen LogP contribution in [0.5, 0.6) is 0 Å². The van der Waals surface area contributed by atoms with Gasteiger partial charge in [0.25, 0.3) is 0 Å². The van der Waals surface area contributed by atoms with Gasteiger partial charge in [-0.15, -0.1) is 22.7 Å². The smallest absolute Gasteiger partial charge is 0.0634 e. The molecule has 0 saturated heterocycles. The van der Waals surface area contributed by atoms with Crippen molar-refractivity contribution in [1.29, 1.82) is 0 Å². The van der Waals surface area contributed by atoms with Gasteiger partial charge in [0, 0.05) is 106 Å². The van der Waals surface area contributed by atoms with Gasteiger partial charge in [-0.25, -0.2) is 0 Å². The highest BCUT2D eigenvalue weighted by atomic mass is 32.1. The number of fused-ring (bicyclic) bond motifs is 19. The van der Waals surface area contributed by atoms with E-state index in [2.05, 4.69) is 419 Å². The molecular weight excluding hydrogens is 1420 g/mol. The number of hydrogen-bond acceptors (Lipinski definition) is 2. The predicted octanol–water partition coefficient (Wildman–Crippen LogP) is 30.5. The highest BCUT2D eigenvalue weighted by Crippen LogP contribution is 2.47. The Morgan fingerprint density at radius 2 is 0.447 bits per heavy atom. The first-order chi connectivity index (χ1) is 56.5. The number of nitrogens with zero attached hydrogens (tertiary/aromatic N) is 4. The van der Waals surface area contributed by atoms with Gasteiger partial charge < -0.3 is 18.3 Å². The number of aromatic nitrogens is 4. The summed E-state index contributed by atoms with van der Waals surface area (Å²) in [5, 5.41) is 15.2. The molecule has 114 heavy (non-hydrogen) atoms. The summed E-state index contributed by atoms with van der Waals surface area (Å²) in [6.45, 7) is 0. The van der Waals surface area contributed by atoms with E-state index in [1.54, 1.807) is 0 Å². The van der Waals surface area contributed by atoms with Gasteiger partial charge in [-0.2, -0.15) is 0 Å². The molecule has 6 heterocycles. The summed E-state index contributed by atoms with van der Waals surface area (Å²) >= 11 is 3.75. The monoisotopic (exact) mass is 1480 g/mol. The van der Waals surface area contributed by atoms with Crippen LogP contribution in [-0.2, 0) is 0 Å². The van der Waals surface area contributed by atoms with Gasteiger partial charge in [-0.05, 0) is 223 Å². The second kappa shape index (κ2) is 25.6. The van der Waals surface area contributed by atoms with Crippen molar-refractivity contribution in [3.05, 3.63) is 400 Å². The molecular formula is C108H66N4S2. The normalized spacial score (nSPS) is 12.0. The zero-order valence-corrected chi connectivity index (χ0v) is 63.3. The Hall–Kier alpha value is -14.4. The van der Waals surface area contributed by atoms with Crippen LogP contribution in [0.3, 0.4) is 0 Å². The fourth-order valence-corrected chi connectivity index (χ4v) is 20.8. The van der Waals surface area contributed by atoms with Crippen LogP contribution in [0.15, 0.2) is 400 Å². The van der Waals surface area contributed by atoms with E-state index in [9.17, 15) is 0 Å². The van der Waals surface area contributed by atoms with Crippen molar-refractivity contribution < 1.29 is 0 Å². The number of benzene rings is 18. The second-order valence-corrected chi connectivity index (χ2v) is 32.4. The van der Waals surface area contributed by atoms with Gasteiger partial charge in [-0.3, -0.25) is 0 Å². The van der Waals surface area contributed by atoms with E-state index >= 15 is 0 Å². The number of hydrogen-bond donors (Lipinski definition) is 0. The molecule has 0 amide bonds. The third kappa shape index (κ3) is 10.2. The van der Waals surface area contributed by atoms with Gasteiger partial charge in [-0.1, -0.05) is 255 Å². The third-order valence-corrected chi connectivity index (χ3v) is 26.3. The Labute approximate surface area is 664 Å². The largest absolute Gasteiger partial charge is 0.309 e. The van der Waals surface area contributed by atoms with Crippen LogP contribution >= 0.6 is 22.7 Å². The maximum atomic E-state index is 2.47. The van der Waals surface area contributed by atoms with Gasteiger partial charge in [0.05, 0.1) is 44.1 Å². The van der Waals surface area contributed by atoms with E-state index in [0.29, 0.717) is 0 Å². The number of para-hydroxylation sites is 3. The van der Waals surface area contributed by atoms with Crippen molar-refractivity contribution in [2.75, 3.05) is 0 Å². The van der Waals surface area contributed by atoms with Crippen LogP contribution in [-0.4, -0.2) is 18.3 Å². The summed E-state index contributed by atoms with van der Waals surface area (Å²) in [6.07, 6.45) is 0. The maximum absolute atomic E-state index is 2.47. The lowest BCUT2D eigenvalue weighted by molar-refractivity contribution is 1.18. The molecule has 0 N–H and O–H groups in total. The zero-order chi connectivity index (χ0) is 74.6. The molecule has 0 aliphatic carbocycles. The standard InChI is InChI=1S/C108H66N4S2/c1-2-16-67(17-3-1)74-18-14-20-76(60-74)80-46-58-101-93(64-80)92-62-78(44-56-100(92)110(101)82-49-38-68(39-50-82)70-40-51-83(52-41-70)111-97-28-10-6-24-87(97)94-66-106-95(65-102(94)111)88-25-7-12-30-103(88)114-106)73-34-32-72(33-35-73)75-19-15-21-77(61-75)79-45-57-99-91(63-79)86-23-5-9-27-96(86)109(99)81-47-36-69(37-48-81)71-42-53-84(54-43-71)112-98-29-11-4-22-85(98)89-55-59-105-107(108(89)112)90-26-8-13-31-104(90)113-105/h1-66H. The fourth-order valence-electron chi connectivity index (χ4n) is 18.5. The first-order valence-corrected chi connectivity index (χ1v) is 40.7. The molecule has 0 aliphatic heterocycles. The van der Waals surface area contributed by atoms with Crippen molar-refractivity contribution in [2.45, 2.75) is 0 Å². The molecule has 24 aromatic rings. The molecule has 0 spiro atoms. The summed E-state index contributed by atoms with van der Waals surface area (Å²) in [4.78, 5) is 0. The molecule has 24 rings (SSSR count). The molecule has 0 aliphatic rings. The summed E-state index contributed by atoms with van der Waals surface area (Å²) < 4.78 is 15.1. The van der Waals surface area contributed by atoms with Gasteiger partial charge in [0.1, 0.15) is 0 Å². The molecule has 18 aromatic carbocycles. The van der Waals surface area contributed by atoms with Gasteiger partial charge in [0.2, 0.25) is 0 Å². The maximum Gasteiger partial charge on any atom is 0.0634 e. The van der Waals surface area contributed by atoms with Crippen LogP contribution < -0.4 is 0 Å². The molecule has 6 aromatic heterocycles. The molecule has 530 valence electrons. The number of rotatable bonds is 11. The molecule has 0 bridgehead atoms. The van der Waals surface area contributed by atoms with E-state index in [0.717, 1.165) is 33.8 Å². The molecule has 6 heteroatoms. The van der Waals surface area contributed by atoms with Crippen molar-refractivity contribution >= 4 is 150 Å². The Balaban J connectivity index is 0.528. The van der Waals surface area contributed by atoms with E-state index < -0.39 is 0 Å². The summed E-state index contributed by atoms with van der Waals surface area (Å²) in [5.74, 6) is 0. The Bertz CT molecular complexity index is 8040. The minimum atomic E-state index is 1.11. The van der Waals surface area contributed by atoms with Crippen molar-refractivity contribution in [2.24, 2.45) is 0 Å².